The Balaban J connectivity index is 1.30. The molecule has 3 N–H and O–H groups in total. The van der Waals surface area contributed by atoms with Crippen molar-refractivity contribution in [1.82, 2.24) is 30.1 Å². The normalized spacial score (nSPS) is 17.4. The summed E-state index contributed by atoms with van der Waals surface area (Å²) < 4.78 is 0. The first-order valence-electron chi connectivity index (χ1n) is 13.5. The molecule has 0 amide bonds. The molecule has 1 aliphatic heterocycles. The van der Waals surface area contributed by atoms with E-state index in [-0.39, 0.29) is 0 Å². The van der Waals surface area contributed by atoms with Gasteiger partial charge in [0.05, 0.1) is 22.9 Å². The summed E-state index contributed by atoms with van der Waals surface area (Å²) in [5, 5.41) is 13.2. The molecule has 0 spiro atoms. The summed E-state index contributed by atoms with van der Waals surface area (Å²) in [4.78, 5) is 19.7. The van der Waals surface area contributed by atoms with E-state index in [2.05, 4.69) is 79.2 Å². The molecule has 194 valence electrons. The summed E-state index contributed by atoms with van der Waals surface area (Å²) in [7, 11) is 0. The molecule has 2 fully saturated rings. The van der Waals surface area contributed by atoms with Crippen LogP contribution in [0.25, 0.3) is 40.4 Å². The topological polar surface area (TPSA) is 98.4 Å². The summed E-state index contributed by atoms with van der Waals surface area (Å²) in [6, 6.07) is 4.20. The van der Waals surface area contributed by atoms with Gasteiger partial charge >= 0.3 is 0 Å². The third-order valence-electron chi connectivity index (χ3n) is 7.48. The summed E-state index contributed by atoms with van der Waals surface area (Å²) in [6.45, 7) is 10.4. The lowest BCUT2D eigenvalue weighted by molar-refractivity contribution is 0.578. The number of anilines is 2. The molecule has 4 aromatic rings. The zero-order valence-corrected chi connectivity index (χ0v) is 22.1. The second kappa shape index (κ2) is 10.3. The molecule has 0 bridgehead atoms. The molecule has 1 aliphatic carbocycles. The average Bonchev–Trinajstić information content (AvgIpc) is 3.59. The van der Waals surface area contributed by atoms with Crippen LogP contribution in [0, 0.1) is 5.92 Å². The van der Waals surface area contributed by atoms with E-state index in [1.54, 1.807) is 0 Å². The molecule has 1 saturated heterocycles. The van der Waals surface area contributed by atoms with Gasteiger partial charge < -0.3 is 15.2 Å². The summed E-state index contributed by atoms with van der Waals surface area (Å²) in [5.74, 6) is 1.32. The highest BCUT2D eigenvalue weighted by molar-refractivity contribution is 5.88. The Morgan fingerprint density at radius 1 is 1.18 bits per heavy atom. The zero-order valence-electron chi connectivity index (χ0n) is 22.1. The van der Waals surface area contributed by atoms with Gasteiger partial charge in [-0.1, -0.05) is 18.7 Å². The van der Waals surface area contributed by atoms with Gasteiger partial charge in [-0.3, -0.25) is 10.1 Å². The van der Waals surface area contributed by atoms with E-state index in [0.717, 1.165) is 68.9 Å². The fraction of sp³-hybridized carbons (Fsp3) is 0.333. The van der Waals surface area contributed by atoms with Crippen molar-refractivity contribution in [3.05, 3.63) is 65.2 Å². The van der Waals surface area contributed by atoms with Crippen LogP contribution < -0.4 is 20.8 Å². The Morgan fingerprint density at radius 3 is 2.82 bits per heavy atom. The SMILES string of the molecule is C=C(Nc1cncc(/C(C)=C/C=c2/[nH]nc(-c3nc4nccc(N5CCCCC5)c4[nH]3)/c2=C\C)c1)C1CC1. The van der Waals surface area contributed by atoms with Crippen LogP contribution in [0.5, 0.6) is 0 Å². The van der Waals surface area contributed by atoms with Gasteiger partial charge in [0.2, 0.25) is 0 Å². The van der Waals surface area contributed by atoms with E-state index in [0.29, 0.717) is 5.92 Å². The van der Waals surface area contributed by atoms with Crippen molar-refractivity contribution in [3.8, 4) is 11.5 Å². The van der Waals surface area contributed by atoms with Crippen molar-refractivity contribution < 1.29 is 0 Å². The minimum Gasteiger partial charge on any atom is -0.370 e. The summed E-state index contributed by atoms with van der Waals surface area (Å²) >= 11 is 0. The number of imidazole rings is 1. The van der Waals surface area contributed by atoms with Gasteiger partial charge in [-0.2, -0.15) is 5.10 Å². The minimum atomic E-state index is 0.598. The number of aromatic nitrogens is 6. The highest BCUT2D eigenvalue weighted by Crippen LogP contribution is 2.36. The Bertz CT molecular complexity index is 1630. The van der Waals surface area contributed by atoms with E-state index in [1.807, 2.05) is 25.5 Å². The number of H-pyrrole nitrogens is 2. The molecule has 0 unspecified atom stereocenters. The third kappa shape index (κ3) is 4.86. The first-order valence-corrected chi connectivity index (χ1v) is 13.5. The lowest BCUT2D eigenvalue weighted by Gasteiger charge is -2.28. The van der Waals surface area contributed by atoms with Crippen LogP contribution in [-0.2, 0) is 0 Å². The number of rotatable bonds is 7. The van der Waals surface area contributed by atoms with Crippen molar-refractivity contribution in [2.24, 2.45) is 5.92 Å². The van der Waals surface area contributed by atoms with Crippen LogP contribution in [0.15, 0.2) is 49.1 Å². The van der Waals surface area contributed by atoms with Gasteiger partial charge in [0.15, 0.2) is 11.5 Å². The predicted octanol–water partition coefficient (Wildman–Crippen LogP) is 4.75. The predicted molar refractivity (Wildman–Crippen MR) is 155 cm³/mol. The fourth-order valence-corrected chi connectivity index (χ4v) is 5.12. The molecule has 5 heterocycles. The minimum absolute atomic E-state index is 0.598. The quantitative estimate of drug-likeness (QED) is 0.335. The maximum atomic E-state index is 4.81. The number of hydrogen-bond donors (Lipinski definition) is 3. The first kappa shape index (κ1) is 24.2. The molecular formula is C30H34N8. The molecule has 0 aromatic carbocycles. The number of fused-ring (bicyclic) bond motifs is 1. The van der Waals surface area contributed by atoms with Gasteiger partial charge in [0, 0.05) is 36.4 Å². The Morgan fingerprint density at radius 2 is 2.03 bits per heavy atom. The van der Waals surface area contributed by atoms with Crippen LogP contribution in [0.3, 0.4) is 0 Å². The van der Waals surface area contributed by atoms with E-state index in [9.17, 15) is 0 Å². The van der Waals surface area contributed by atoms with Gasteiger partial charge in [-0.15, -0.1) is 0 Å². The third-order valence-corrected chi connectivity index (χ3v) is 7.48. The molecule has 1 saturated carbocycles. The highest BCUT2D eigenvalue weighted by atomic mass is 15.2. The molecule has 8 nitrogen and oxygen atoms in total. The molecular weight excluding hydrogens is 472 g/mol. The Labute approximate surface area is 222 Å². The number of piperidine rings is 1. The Kier molecular flexibility index (Phi) is 6.54. The van der Waals surface area contributed by atoms with Crippen molar-refractivity contribution in [3.63, 3.8) is 0 Å². The highest BCUT2D eigenvalue weighted by Gasteiger charge is 2.24. The monoisotopic (exact) mass is 506 g/mol. The second-order valence-corrected chi connectivity index (χ2v) is 10.3. The molecule has 6 rings (SSSR count). The summed E-state index contributed by atoms with van der Waals surface area (Å²) in [5.41, 5.74) is 7.87. The largest absolute Gasteiger partial charge is 0.370 e. The second-order valence-electron chi connectivity index (χ2n) is 10.3. The van der Waals surface area contributed by atoms with Gasteiger partial charge in [0.25, 0.3) is 0 Å². The lowest BCUT2D eigenvalue weighted by atomic mass is 10.1. The van der Waals surface area contributed by atoms with E-state index in [1.165, 1.54) is 37.8 Å². The molecule has 2 aliphatic rings. The standard InChI is InChI=1S/C30H34N8/c1-4-24-25(11-8-19(2)22-16-23(18-31-17-22)33-20(3)21-9-10-21)36-37-27(24)30-34-28-26(12-13-32-29(28)35-30)38-14-6-5-7-15-38/h4,8,11-13,16-18,21,33,36H,3,5-7,9-10,14-15H2,1-2H3,(H,32,34,35)/b19-8+,24-4-,25-11+. The molecule has 38 heavy (non-hydrogen) atoms. The van der Waals surface area contributed by atoms with Gasteiger partial charge in [-0.25, -0.2) is 9.97 Å². The zero-order chi connectivity index (χ0) is 26.1. The van der Waals surface area contributed by atoms with Crippen LogP contribution >= 0.6 is 0 Å². The maximum absolute atomic E-state index is 4.81. The molecule has 0 atom stereocenters. The van der Waals surface area contributed by atoms with Crippen LogP contribution in [-0.4, -0.2) is 43.2 Å². The van der Waals surface area contributed by atoms with E-state index >= 15 is 0 Å². The van der Waals surface area contributed by atoms with E-state index < -0.39 is 0 Å². The number of aromatic amines is 2. The Hall–Kier alpha value is -4.20. The van der Waals surface area contributed by atoms with Gasteiger partial charge in [0.1, 0.15) is 11.2 Å². The first-order chi connectivity index (χ1) is 18.6. The van der Waals surface area contributed by atoms with Crippen LogP contribution in [0.2, 0.25) is 0 Å². The average molecular weight is 507 g/mol. The lowest BCUT2D eigenvalue weighted by Crippen LogP contribution is -2.29. The van der Waals surface area contributed by atoms with Crippen molar-refractivity contribution in [2.75, 3.05) is 23.3 Å². The van der Waals surface area contributed by atoms with Crippen molar-refractivity contribution >= 4 is 40.3 Å². The fourth-order valence-electron chi connectivity index (χ4n) is 5.12. The number of pyridine rings is 2. The van der Waals surface area contributed by atoms with Crippen LogP contribution in [0.4, 0.5) is 11.4 Å². The number of hydrogen-bond acceptors (Lipinski definition) is 6. The number of nitrogens with one attached hydrogen (secondary N) is 3. The molecule has 0 radical (unpaired) electrons. The van der Waals surface area contributed by atoms with Crippen LogP contribution in [0.1, 0.15) is 51.5 Å². The van der Waals surface area contributed by atoms with Gasteiger partial charge in [-0.05, 0) is 81.2 Å². The van der Waals surface area contributed by atoms with Crippen molar-refractivity contribution in [1.29, 1.82) is 0 Å². The van der Waals surface area contributed by atoms with E-state index in [4.69, 9.17) is 4.98 Å². The summed E-state index contributed by atoms with van der Waals surface area (Å²) in [6.07, 6.45) is 18.0. The number of nitrogens with zero attached hydrogens (tertiary/aromatic N) is 5. The maximum Gasteiger partial charge on any atom is 0.180 e. The number of allylic oxidation sites excluding steroid dienone is 3. The van der Waals surface area contributed by atoms with Crippen molar-refractivity contribution in [2.45, 2.75) is 46.0 Å². The molecule has 4 aromatic heterocycles. The smallest absolute Gasteiger partial charge is 0.180 e. The molecule has 8 heteroatoms.